The third-order valence-corrected chi connectivity index (χ3v) is 1.66. The molecule has 0 aliphatic carbocycles. The number of rotatable bonds is 2. The zero-order valence-electron chi connectivity index (χ0n) is 7.11. The number of halogens is 4. The normalized spacial score (nSPS) is 10.1. The van der Waals surface area contributed by atoms with Crippen molar-refractivity contribution in [2.45, 2.75) is 0 Å². The summed E-state index contributed by atoms with van der Waals surface area (Å²) in [6.07, 6.45) is 0. The van der Waals surface area contributed by atoms with Gasteiger partial charge in [0.1, 0.15) is 0 Å². The molecule has 0 aromatic heterocycles. The highest BCUT2D eigenvalue weighted by molar-refractivity contribution is 6.13. The summed E-state index contributed by atoms with van der Waals surface area (Å²) in [5.74, 6) is -9.05. The largest absolute Gasteiger partial charge is 0.545 e. The van der Waals surface area contributed by atoms with Crippen LogP contribution < -0.4 is 5.11 Å². The summed E-state index contributed by atoms with van der Waals surface area (Å²) in [6.45, 7) is 2.75. The smallest absolute Gasteiger partial charge is 0.169 e. The van der Waals surface area contributed by atoms with Crippen molar-refractivity contribution in [3.05, 3.63) is 41.5 Å². The highest BCUT2D eigenvalue weighted by Gasteiger charge is 2.21. The molecule has 0 fully saturated rings. The highest BCUT2D eigenvalue weighted by atomic mass is 19.2. The number of carbonyl (C=O) groups excluding carboxylic acids is 1. The summed E-state index contributed by atoms with van der Waals surface area (Å²) >= 11 is 0. The van der Waals surface area contributed by atoms with E-state index in [9.17, 15) is 27.5 Å². The van der Waals surface area contributed by atoms with Crippen molar-refractivity contribution in [3.8, 4) is 0 Å². The fourth-order valence-electron chi connectivity index (χ4n) is 0.940. The Hall–Kier alpha value is -1.85. The lowest BCUT2D eigenvalue weighted by Gasteiger charge is -2.10. The van der Waals surface area contributed by atoms with E-state index in [2.05, 4.69) is 6.58 Å². The molecule has 0 saturated heterocycles. The molecule has 0 amide bonds. The summed E-state index contributed by atoms with van der Waals surface area (Å²) in [4.78, 5) is 10.2. The van der Waals surface area contributed by atoms with Gasteiger partial charge in [-0.3, -0.25) is 0 Å². The van der Waals surface area contributed by atoms with E-state index in [0.29, 0.717) is 0 Å². The van der Waals surface area contributed by atoms with Crippen molar-refractivity contribution in [2.24, 2.45) is 0 Å². The van der Waals surface area contributed by atoms with Crippen molar-refractivity contribution >= 4 is 11.5 Å². The Kier molecular flexibility index (Phi) is 2.78. The monoisotopic (exact) mass is 219 g/mol. The van der Waals surface area contributed by atoms with Gasteiger partial charge < -0.3 is 9.90 Å². The molecule has 1 rings (SSSR count). The molecule has 2 nitrogen and oxygen atoms in total. The molecule has 0 unspecified atom stereocenters. The van der Waals surface area contributed by atoms with Gasteiger partial charge in [0, 0.05) is 11.6 Å². The SMILES string of the molecule is C=C(C(=O)[O-])c1c(F)c(F)cc(F)c1F. The van der Waals surface area contributed by atoms with Gasteiger partial charge in [-0.2, -0.15) is 0 Å². The molecular formula is C9H3F4O2-. The zero-order chi connectivity index (χ0) is 11.7. The molecule has 1 aromatic carbocycles. The predicted molar refractivity (Wildman–Crippen MR) is 40.3 cm³/mol. The van der Waals surface area contributed by atoms with Crippen molar-refractivity contribution < 1.29 is 27.5 Å². The Morgan fingerprint density at radius 1 is 1.13 bits per heavy atom. The van der Waals surface area contributed by atoms with Gasteiger partial charge in [-0.1, -0.05) is 6.58 Å². The third-order valence-electron chi connectivity index (χ3n) is 1.66. The van der Waals surface area contributed by atoms with Gasteiger partial charge in [0.25, 0.3) is 0 Å². The van der Waals surface area contributed by atoms with E-state index in [0.717, 1.165) is 0 Å². The molecule has 1 aromatic rings. The number of hydrogen-bond donors (Lipinski definition) is 0. The van der Waals surface area contributed by atoms with E-state index in [1.807, 2.05) is 0 Å². The second-order valence-corrected chi connectivity index (χ2v) is 2.61. The topological polar surface area (TPSA) is 40.1 Å². The number of carboxylic acid groups (broad SMARTS) is 1. The summed E-state index contributed by atoms with van der Waals surface area (Å²) in [6, 6.07) is -0.0310. The second kappa shape index (κ2) is 3.72. The summed E-state index contributed by atoms with van der Waals surface area (Å²) in [5, 5.41) is 10.2. The lowest BCUT2D eigenvalue weighted by molar-refractivity contribution is -0.295. The summed E-state index contributed by atoms with van der Waals surface area (Å²) in [5.41, 5.74) is -2.53. The first-order valence-corrected chi connectivity index (χ1v) is 3.60. The van der Waals surface area contributed by atoms with E-state index >= 15 is 0 Å². The minimum Gasteiger partial charge on any atom is -0.545 e. The van der Waals surface area contributed by atoms with Gasteiger partial charge in [0.2, 0.25) is 0 Å². The minimum absolute atomic E-state index is 0.0310. The van der Waals surface area contributed by atoms with Crippen molar-refractivity contribution in [1.82, 2.24) is 0 Å². The third kappa shape index (κ3) is 1.83. The Morgan fingerprint density at radius 2 is 1.53 bits per heavy atom. The standard InChI is InChI=1S/C9H4F4O2/c1-3(9(14)15)6-7(12)4(10)2-5(11)8(6)13/h2H,1H2,(H,14,15)/p-1. The van der Waals surface area contributed by atoms with Gasteiger partial charge in [0.05, 0.1) is 11.5 Å². The lowest BCUT2D eigenvalue weighted by atomic mass is 10.1. The maximum absolute atomic E-state index is 12.9. The molecule has 0 aliphatic heterocycles. The first-order valence-electron chi connectivity index (χ1n) is 3.60. The maximum atomic E-state index is 12.9. The van der Waals surface area contributed by atoms with Crippen molar-refractivity contribution in [3.63, 3.8) is 0 Å². The van der Waals surface area contributed by atoms with Gasteiger partial charge in [-0.15, -0.1) is 0 Å². The molecule has 15 heavy (non-hydrogen) atoms. The second-order valence-electron chi connectivity index (χ2n) is 2.61. The van der Waals surface area contributed by atoms with Crippen molar-refractivity contribution in [1.29, 1.82) is 0 Å². The van der Waals surface area contributed by atoms with Crippen LogP contribution in [0.15, 0.2) is 12.6 Å². The average Bonchev–Trinajstić information content (AvgIpc) is 2.15. The molecule has 0 saturated carbocycles. The Labute approximate surface area is 81.5 Å². The van der Waals surface area contributed by atoms with Crippen LogP contribution >= 0.6 is 0 Å². The maximum Gasteiger partial charge on any atom is 0.169 e. The van der Waals surface area contributed by atoms with Crippen LogP contribution in [0.5, 0.6) is 0 Å². The van der Waals surface area contributed by atoms with Gasteiger partial charge in [0.15, 0.2) is 23.3 Å². The molecule has 6 heteroatoms. The highest BCUT2D eigenvalue weighted by Crippen LogP contribution is 2.24. The predicted octanol–water partition coefficient (Wildman–Crippen LogP) is 1.01. The van der Waals surface area contributed by atoms with Crippen LogP contribution in [0.25, 0.3) is 5.57 Å². The first kappa shape index (κ1) is 11.2. The van der Waals surface area contributed by atoms with E-state index in [1.165, 1.54) is 0 Å². The molecule has 0 aliphatic rings. The number of hydrogen-bond acceptors (Lipinski definition) is 2. The molecule has 0 spiro atoms. The molecule has 0 radical (unpaired) electrons. The van der Waals surface area contributed by atoms with Crippen molar-refractivity contribution in [2.75, 3.05) is 0 Å². The van der Waals surface area contributed by atoms with Crippen LogP contribution in [-0.2, 0) is 4.79 Å². The van der Waals surface area contributed by atoms with Gasteiger partial charge in [-0.25, -0.2) is 17.6 Å². The van der Waals surface area contributed by atoms with E-state index < -0.39 is 40.4 Å². The number of benzene rings is 1. The Morgan fingerprint density at radius 3 is 1.87 bits per heavy atom. The number of carbonyl (C=O) groups is 1. The summed E-state index contributed by atoms with van der Waals surface area (Å²) < 4.78 is 51.1. The van der Waals surface area contributed by atoms with Crippen LogP contribution in [0, 0.1) is 23.3 Å². The fraction of sp³-hybridized carbons (Fsp3) is 0. The lowest BCUT2D eigenvalue weighted by Crippen LogP contribution is -2.24. The van der Waals surface area contributed by atoms with Gasteiger partial charge >= 0.3 is 0 Å². The van der Waals surface area contributed by atoms with Crippen LogP contribution in [0.3, 0.4) is 0 Å². The number of carboxylic acids is 1. The molecule has 0 heterocycles. The average molecular weight is 219 g/mol. The molecular weight excluding hydrogens is 216 g/mol. The molecule has 0 N–H and O–H groups in total. The van der Waals surface area contributed by atoms with Crippen LogP contribution in [0.1, 0.15) is 5.56 Å². The van der Waals surface area contributed by atoms with E-state index in [-0.39, 0.29) is 6.07 Å². The molecule has 0 bridgehead atoms. The Bertz CT molecular complexity index is 428. The Balaban J connectivity index is 3.53. The fourth-order valence-corrected chi connectivity index (χ4v) is 0.940. The quantitative estimate of drug-likeness (QED) is 0.423. The van der Waals surface area contributed by atoms with Crippen LogP contribution in [-0.4, -0.2) is 5.97 Å². The summed E-state index contributed by atoms with van der Waals surface area (Å²) in [7, 11) is 0. The first-order chi connectivity index (χ1) is 6.86. The van der Waals surface area contributed by atoms with Crippen LogP contribution in [0.2, 0.25) is 0 Å². The minimum atomic E-state index is -2.02. The number of aliphatic carboxylic acids is 1. The molecule has 80 valence electrons. The van der Waals surface area contributed by atoms with Gasteiger partial charge in [-0.05, 0) is 0 Å². The van der Waals surface area contributed by atoms with Crippen LogP contribution in [0.4, 0.5) is 17.6 Å². The zero-order valence-corrected chi connectivity index (χ0v) is 7.11. The van der Waals surface area contributed by atoms with E-state index in [1.54, 1.807) is 0 Å². The van der Waals surface area contributed by atoms with E-state index in [4.69, 9.17) is 0 Å². The molecule has 0 atom stereocenters.